The highest BCUT2D eigenvalue weighted by molar-refractivity contribution is 5.31. The van der Waals surface area contributed by atoms with Gasteiger partial charge in [-0.25, -0.2) is 0 Å². The SMILES string of the molecule is NC(CCC1CCCO1)C1OCCc2ccccc21. The van der Waals surface area contributed by atoms with Gasteiger partial charge in [0, 0.05) is 12.6 Å². The van der Waals surface area contributed by atoms with Crippen LogP contribution in [0.25, 0.3) is 0 Å². The molecule has 0 spiro atoms. The van der Waals surface area contributed by atoms with Crippen LogP contribution in [0.3, 0.4) is 0 Å². The van der Waals surface area contributed by atoms with E-state index in [9.17, 15) is 0 Å². The predicted octanol–water partition coefficient (Wildman–Crippen LogP) is 2.59. The molecule has 3 heteroatoms. The quantitative estimate of drug-likeness (QED) is 0.906. The third kappa shape index (κ3) is 2.99. The van der Waals surface area contributed by atoms with E-state index >= 15 is 0 Å². The monoisotopic (exact) mass is 261 g/mol. The van der Waals surface area contributed by atoms with Gasteiger partial charge in [-0.15, -0.1) is 0 Å². The van der Waals surface area contributed by atoms with Crippen LogP contribution in [0.15, 0.2) is 24.3 Å². The van der Waals surface area contributed by atoms with Crippen LogP contribution in [-0.4, -0.2) is 25.4 Å². The Bertz CT molecular complexity index is 415. The molecule has 2 N–H and O–H groups in total. The fraction of sp³-hybridized carbons (Fsp3) is 0.625. The van der Waals surface area contributed by atoms with Crippen molar-refractivity contribution in [3.8, 4) is 0 Å². The molecular formula is C16H23NO2. The average Bonchev–Trinajstić information content (AvgIpc) is 2.97. The number of nitrogens with two attached hydrogens (primary N) is 1. The highest BCUT2D eigenvalue weighted by Gasteiger charge is 2.27. The summed E-state index contributed by atoms with van der Waals surface area (Å²) in [7, 11) is 0. The summed E-state index contributed by atoms with van der Waals surface area (Å²) in [5.74, 6) is 0. The molecule has 0 aromatic heterocycles. The highest BCUT2D eigenvalue weighted by atomic mass is 16.5. The van der Waals surface area contributed by atoms with Gasteiger partial charge in [-0.3, -0.25) is 0 Å². The van der Waals surface area contributed by atoms with Gasteiger partial charge >= 0.3 is 0 Å². The Morgan fingerprint density at radius 2 is 2.11 bits per heavy atom. The van der Waals surface area contributed by atoms with Gasteiger partial charge in [0.1, 0.15) is 0 Å². The number of rotatable bonds is 4. The molecule has 0 saturated carbocycles. The lowest BCUT2D eigenvalue weighted by atomic mass is 9.91. The van der Waals surface area contributed by atoms with Crippen molar-refractivity contribution in [2.75, 3.05) is 13.2 Å². The Morgan fingerprint density at radius 3 is 2.95 bits per heavy atom. The van der Waals surface area contributed by atoms with E-state index < -0.39 is 0 Å². The van der Waals surface area contributed by atoms with E-state index in [0.29, 0.717) is 6.10 Å². The first kappa shape index (κ1) is 13.1. The second-order valence-electron chi connectivity index (χ2n) is 5.62. The smallest absolute Gasteiger partial charge is 0.0978 e. The molecule has 0 aliphatic carbocycles. The number of benzene rings is 1. The van der Waals surface area contributed by atoms with E-state index in [4.69, 9.17) is 15.2 Å². The van der Waals surface area contributed by atoms with Crippen molar-refractivity contribution in [1.82, 2.24) is 0 Å². The van der Waals surface area contributed by atoms with E-state index in [2.05, 4.69) is 24.3 Å². The number of hydrogen-bond acceptors (Lipinski definition) is 3. The van der Waals surface area contributed by atoms with Crippen LogP contribution in [0.5, 0.6) is 0 Å². The second kappa shape index (κ2) is 6.04. The zero-order valence-corrected chi connectivity index (χ0v) is 11.4. The van der Waals surface area contributed by atoms with Crippen LogP contribution in [0.4, 0.5) is 0 Å². The van der Waals surface area contributed by atoms with Crippen molar-refractivity contribution in [3.05, 3.63) is 35.4 Å². The lowest BCUT2D eigenvalue weighted by Gasteiger charge is -2.31. The van der Waals surface area contributed by atoms with Crippen molar-refractivity contribution in [3.63, 3.8) is 0 Å². The minimum absolute atomic E-state index is 0.0614. The van der Waals surface area contributed by atoms with Gasteiger partial charge in [0.15, 0.2) is 0 Å². The van der Waals surface area contributed by atoms with E-state index in [-0.39, 0.29) is 12.1 Å². The molecule has 2 aliphatic rings. The van der Waals surface area contributed by atoms with Crippen LogP contribution in [0.1, 0.15) is 42.9 Å². The van der Waals surface area contributed by atoms with Crippen molar-refractivity contribution in [1.29, 1.82) is 0 Å². The van der Waals surface area contributed by atoms with Crippen LogP contribution < -0.4 is 5.73 Å². The zero-order chi connectivity index (χ0) is 13.1. The first-order chi connectivity index (χ1) is 9.34. The molecule has 19 heavy (non-hydrogen) atoms. The van der Waals surface area contributed by atoms with Gasteiger partial charge in [-0.1, -0.05) is 24.3 Å². The summed E-state index contributed by atoms with van der Waals surface area (Å²) in [6, 6.07) is 8.60. The molecule has 1 aromatic rings. The Hall–Kier alpha value is -0.900. The molecule has 1 fully saturated rings. The Morgan fingerprint density at radius 1 is 1.21 bits per heavy atom. The summed E-state index contributed by atoms with van der Waals surface area (Å²) in [5.41, 5.74) is 9.04. The van der Waals surface area contributed by atoms with Gasteiger partial charge in [0.2, 0.25) is 0 Å². The molecule has 0 bridgehead atoms. The summed E-state index contributed by atoms with van der Waals surface area (Å²) in [6.45, 7) is 1.71. The van der Waals surface area contributed by atoms with Crippen molar-refractivity contribution in [2.45, 2.75) is 50.4 Å². The summed E-state index contributed by atoms with van der Waals surface area (Å²) >= 11 is 0. The van der Waals surface area contributed by atoms with E-state index in [1.165, 1.54) is 24.0 Å². The maximum Gasteiger partial charge on any atom is 0.0978 e. The molecular weight excluding hydrogens is 238 g/mol. The summed E-state index contributed by atoms with van der Waals surface area (Å²) < 4.78 is 11.6. The molecule has 1 aromatic carbocycles. The summed E-state index contributed by atoms with van der Waals surface area (Å²) in [4.78, 5) is 0. The van der Waals surface area contributed by atoms with E-state index in [0.717, 1.165) is 32.5 Å². The molecule has 3 atom stereocenters. The third-order valence-corrected chi connectivity index (χ3v) is 4.27. The van der Waals surface area contributed by atoms with Crippen LogP contribution in [0.2, 0.25) is 0 Å². The van der Waals surface area contributed by atoms with Crippen molar-refractivity contribution in [2.24, 2.45) is 5.73 Å². The molecule has 104 valence electrons. The Kier molecular flexibility index (Phi) is 4.16. The summed E-state index contributed by atoms with van der Waals surface area (Å²) in [6.07, 6.45) is 5.91. The maximum absolute atomic E-state index is 6.36. The number of ether oxygens (including phenoxy) is 2. The lowest BCUT2D eigenvalue weighted by molar-refractivity contribution is 0.0177. The zero-order valence-electron chi connectivity index (χ0n) is 11.4. The van der Waals surface area contributed by atoms with Gasteiger partial charge in [-0.2, -0.15) is 0 Å². The fourth-order valence-corrected chi connectivity index (χ4v) is 3.18. The molecule has 3 unspecified atom stereocenters. The van der Waals surface area contributed by atoms with Gasteiger partial charge in [0.05, 0.1) is 18.8 Å². The Labute approximate surface area is 115 Å². The molecule has 3 rings (SSSR count). The fourth-order valence-electron chi connectivity index (χ4n) is 3.18. The third-order valence-electron chi connectivity index (χ3n) is 4.27. The standard InChI is InChI=1S/C16H23NO2/c17-15(8-7-13-5-3-10-18-13)16-14-6-2-1-4-12(14)9-11-19-16/h1-2,4,6,13,15-16H,3,5,7-11,17H2. The largest absolute Gasteiger partial charge is 0.378 e. The average molecular weight is 261 g/mol. The molecule has 2 heterocycles. The molecule has 2 aliphatic heterocycles. The van der Waals surface area contributed by atoms with Crippen molar-refractivity contribution < 1.29 is 9.47 Å². The predicted molar refractivity (Wildman–Crippen MR) is 75.0 cm³/mol. The Balaban J connectivity index is 1.62. The first-order valence-electron chi connectivity index (χ1n) is 7.41. The number of fused-ring (bicyclic) bond motifs is 1. The molecule has 0 radical (unpaired) electrons. The van der Waals surface area contributed by atoms with Crippen LogP contribution >= 0.6 is 0 Å². The second-order valence-corrected chi connectivity index (χ2v) is 5.62. The molecule has 1 saturated heterocycles. The van der Waals surface area contributed by atoms with Crippen LogP contribution in [0, 0.1) is 0 Å². The molecule has 0 amide bonds. The van der Waals surface area contributed by atoms with E-state index in [1.807, 2.05) is 0 Å². The van der Waals surface area contributed by atoms with Gasteiger partial charge in [0.25, 0.3) is 0 Å². The van der Waals surface area contributed by atoms with Gasteiger partial charge < -0.3 is 15.2 Å². The first-order valence-corrected chi connectivity index (χ1v) is 7.41. The molecule has 3 nitrogen and oxygen atoms in total. The number of hydrogen-bond donors (Lipinski definition) is 1. The minimum atomic E-state index is 0.0614. The van der Waals surface area contributed by atoms with Crippen molar-refractivity contribution >= 4 is 0 Å². The lowest BCUT2D eigenvalue weighted by Crippen LogP contribution is -2.34. The van der Waals surface area contributed by atoms with Crippen LogP contribution in [-0.2, 0) is 15.9 Å². The normalized spacial score (nSPS) is 28.1. The minimum Gasteiger partial charge on any atom is -0.378 e. The highest BCUT2D eigenvalue weighted by Crippen LogP contribution is 2.31. The van der Waals surface area contributed by atoms with Gasteiger partial charge in [-0.05, 0) is 43.2 Å². The topological polar surface area (TPSA) is 44.5 Å². The summed E-state index contributed by atoms with van der Waals surface area (Å²) in [5, 5.41) is 0. The maximum atomic E-state index is 6.36. The van der Waals surface area contributed by atoms with E-state index in [1.54, 1.807) is 0 Å².